The van der Waals surface area contributed by atoms with Crippen LogP contribution in [0.4, 0.5) is 0 Å². The minimum absolute atomic E-state index is 0.0501. The van der Waals surface area contributed by atoms with Crippen LogP contribution < -0.4 is 5.32 Å². The second kappa shape index (κ2) is 8.43. The van der Waals surface area contributed by atoms with Gasteiger partial charge in [-0.2, -0.15) is 0 Å². The molecule has 3 aromatic rings. The number of benzene rings is 1. The lowest BCUT2D eigenvalue weighted by molar-refractivity contribution is -0.119. The lowest BCUT2D eigenvalue weighted by Gasteiger charge is -2.22. The zero-order valence-corrected chi connectivity index (χ0v) is 15.8. The highest BCUT2D eigenvalue weighted by Gasteiger charge is 2.20. The van der Waals surface area contributed by atoms with E-state index in [0.717, 1.165) is 18.5 Å². The lowest BCUT2D eigenvalue weighted by atomic mass is 9.95. The maximum absolute atomic E-state index is 12.4. The van der Waals surface area contributed by atoms with Crippen molar-refractivity contribution in [2.45, 2.75) is 43.3 Å². The van der Waals surface area contributed by atoms with E-state index in [9.17, 15) is 4.79 Å². The molecule has 140 valence electrons. The van der Waals surface area contributed by atoms with Gasteiger partial charge in [-0.3, -0.25) is 9.36 Å². The Balaban J connectivity index is 1.51. The molecule has 1 N–H and O–H groups in total. The van der Waals surface area contributed by atoms with Crippen LogP contribution in [0.5, 0.6) is 0 Å². The SMILES string of the molecule is O=C(CSc1nnc(-c2ccco2)n1-c1ccccc1)NC1CCCCC1. The zero-order chi connectivity index (χ0) is 18.5. The van der Waals surface area contributed by atoms with Gasteiger partial charge in [-0.1, -0.05) is 49.2 Å². The molecular weight excluding hydrogens is 360 g/mol. The number of nitrogens with zero attached hydrogens (tertiary/aromatic N) is 3. The van der Waals surface area contributed by atoms with E-state index in [2.05, 4.69) is 15.5 Å². The Kier molecular flexibility index (Phi) is 5.58. The van der Waals surface area contributed by atoms with Gasteiger partial charge in [0.05, 0.1) is 12.0 Å². The van der Waals surface area contributed by atoms with Gasteiger partial charge in [-0.05, 0) is 37.1 Å². The Labute approximate surface area is 162 Å². The molecule has 0 radical (unpaired) electrons. The molecule has 1 fully saturated rings. The van der Waals surface area contributed by atoms with Crippen molar-refractivity contribution in [3.8, 4) is 17.3 Å². The number of amides is 1. The summed E-state index contributed by atoms with van der Waals surface area (Å²) in [6.07, 6.45) is 7.46. The number of furan rings is 1. The van der Waals surface area contributed by atoms with Gasteiger partial charge in [0.15, 0.2) is 10.9 Å². The second-order valence-corrected chi connectivity index (χ2v) is 7.59. The van der Waals surface area contributed by atoms with Crippen molar-refractivity contribution in [2.24, 2.45) is 0 Å². The molecule has 0 aliphatic heterocycles. The molecule has 0 unspecified atom stereocenters. The molecule has 7 heteroatoms. The fourth-order valence-electron chi connectivity index (χ4n) is 3.39. The number of nitrogens with one attached hydrogen (secondary N) is 1. The van der Waals surface area contributed by atoms with Gasteiger partial charge >= 0.3 is 0 Å². The van der Waals surface area contributed by atoms with E-state index < -0.39 is 0 Å². The molecule has 0 spiro atoms. The Hall–Kier alpha value is -2.54. The summed E-state index contributed by atoms with van der Waals surface area (Å²) in [5.74, 6) is 1.64. The number of aromatic nitrogens is 3. The highest BCUT2D eigenvalue weighted by Crippen LogP contribution is 2.28. The summed E-state index contributed by atoms with van der Waals surface area (Å²) in [6.45, 7) is 0. The van der Waals surface area contributed by atoms with Crippen molar-refractivity contribution in [3.63, 3.8) is 0 Å². The first-order valence-electron chi connectivity index (χ1n) is 9.28. The average Bonchev–Trinajstić information content (AvgIpc) is 3.37. The van der Waals surface area contributed by atoms with E-state index in [1.807, 2.05) is 47.0 Å². The normalized spacial score (nSPS) is 15.0. The summed E-state index contributed by atoms with van der Waals surface area (Å²) in [5, 5.41) is 12.4. The average molecular weight is 382 g/mol. The molecular formula is C20H22N4O2S. The fraction of sp³-hybridized carbons (Fsp3) is 0.350. The van der Waals surface area contributed by atoms with E-state index >= 15 is 0 Å². The summed E-state index contributed by atoms with van der Waals surface area (Å²) in [7, 11) is 0. The smallest absolute Gasteiger partial charge is 0.230 e. The van der Waals surface area contributed by atoms with Crippen molar-refractivity contribution in [1.29, 1.82) is 0 Å². The quantitative estimate of drug-likeness (QED) is 0.651. The second-order valence-electron chi connectivity index (χ2n) is 6.65. The van der Waals surface area contributed by atoms with Gasteiger partial charge in [0.25, 0.3) is 0 Å². The molecule has 0 bridgehead atoms. The highest BCUT2D eigenvalue weighted by molar-refractivity contribution is 7.99. The van der Waals surface area contributed by atoms with Crippen LogP contribution in [0.1, 0.15) is 32.1 Å². The molecule has 2 heterocycles. The van der Waals surface area contributed by atoms with E-state index in [-0.39, 0.29) is 5.91 Å². The van der Waals surface area contributed by atoms with Crippen LogP contribution in [0.15, 0.2) is 58.3 Å². The van der Waals surface area contributed by atoms with E-state index in [1.165, 1.54) is 31.0 Å². The van der Waals surface area contributed by atoms with Gasteiger partial charge in [0, 0.05) is 11.7 Å². The maximum atomic E-state index is 12.4. The van der Waals surface area contributed by atoms with Crippen molar-refractivity contribution in [1.82, 2.24) is 20.1 Å². The van der Waals surface area contributed by atoms with Crippen LogP contribution in [-0.4, -0.2) is 32.5 Å². The summed E-state index contributed by atoms with van der Waals surface area (Å²) < 4.78 is 7.44. The van der Waals surface area contributed by atoms with Crippen LogP contribution in [0, 0.1) is 0 Å². The molecule has 6 nitrogen and oxygen atoms in total. The Bertz CT molecular complexity index is 871. The minimum Gasteiger partial charge on any atom is -0.461 e. The third kappa shape index (κ3) is 4.24. The number of hydrogen-bond acceptors (Lipinski definition) is 5. The first-order valence-corrected chi connectivity index (χ1v) is 10.3. The minimum atomic E-state index is 0.0501. The van der Waals surface area contributed by atoms with Gasteiger partial charge in [-0.15, -0.1) is 10.2 Å². The summed E-state index contributed by atoms with van der Waals surface area (Å²) in [6, 6.07) is 13.9. The molecule has 2 aromatic heterocycles. The molecule has 1 aliphatic rings. The predicted molar refractivity (Wildman–Crippen MR) is 105 cm³/mol. The molecule has 1 amide bonds. The Morgan fingerprint density at radius 1 is 1.11 bits per heavy atom. The van der Waals surface area contributed by atoms with Crippen molar-refractivity contribution < 1.29 is 9.21 Å². The van der Waals surface area contributed by atoms with Gasteiger partial charge in [0.1, 0.15) is 0 Å². The zero-order valence-electron chi connectivity index (χ0n) is 15.0. The molecule has 27 heavy (non-hydrogen) atoms. The van der Waals surface area contributed by atoms with E-state index in [0.29, 0.717) is 28.5 Å². The number of rotatable bonds is 6. The molecule has 0 saturated heterocycles. The number of thioether (sulfide) groups is 1. The molecule has 1 saturated carbocycles. The molecule has 1 aliphatic carbocycles. The van der Waals surface area contributed by atoms with Crippen LogP contribution in [0.2, 0.25) is 0 Å². The third-order valence-electron chi connectivity index (χ3n) is 4.69. The summed E-state index contributed by atoms with van der Waals surface area (Å²) >= 11 is 1.39. The highest BCUT2D eigenvalue weighted by atomic mass is 32.2. The third-order valence-corrected chi connectivity index (χ3v) is 5.62. The molecule has 0 atom stereocenters. The van der Waals surface area contributed by atoms with Gasteiger partial charge in [0.2, 0.25) is 11.7 Å². The first kappa shape index (κ1) is 17.9. The van der Waals surface area contributed by atoms with Crippen molar-refractivity contribution in [3.05, 3.63) is 48.7 Å². The van der Waals surface area contributed by atoms with Crippen molar-refractivity contribution in [2.75, 3.05) is 5.75 Å². The standard InChI is InChI=1S/C20H22N4O2S/c25-18(21-15-8-3-1-4-9-15)14-27-20-23-22-19(17-12-7-13-26-17)24(20)16-10-5-2-6-11-16/h2,5-7,10-13,15H,1,3-4,8-9,14H2,(H,21,25). The Morgan fingerprint density at radius 2 is 1.93 bits per heavy atom. The van der Waals surface area contributed by atoms with E-state index in [1.54, 1.807) is 6.26 Å². The molecule has 1 aromatic carbocycles. The van der Waals surface area contributed by atoms with Crippen LogP contribution in [0.25, 0.3) is 17.3 Å². The number of carbonyl (C=O) groups is 1. The largest absolute Gasteiger partial charge is 0.461 e. The van der Waals surface area contributed by atoms with E-state index in [4.69, 9.17) is 4.42 Å². The topological polar surface area (TPSA) is 73.0 Å². The first-order chi connectivity index (χ1) is 13.3. The summed E-state index contributed by atoms with van der Waals surface area (Å²) in [5.41, 5.74) is 0.934. The monoisotopic (exact) mass is 382 g/mol. The summed E-state index contributed by atoms with van der Waals surface area (Å²) in [4.78, 5) is 12.4. The molecule has 4 rings (SSSR count). The van der Waals surface area contributed by atoms with Crippen LogP contribution in [0.3, 0.4) is 0 Å². The van der Waals surface area contributed by atoms with Gasteiger partial charge < -0.3 is 9.73 Å². The number of carbonyl (C=O) groups excluding carboxylic acids is 1. The number of para-hydroxylation sites is 1. The van der Waals surface area contributed by atoms with Crippen LogP contribution in [-0.2, 0) is 4.79 Å². The van der Waals surface area contributed by atoms with Crippen LogP contribution >= 0.6 is 11.8 Å². The lowest BCUT2D eigenvalue weighted by Crippen LogP contribution is -2.37. The maximum Gasteiger partial charge on any atom is 0.230 e. The predicted octanol–water partition coefficient (Wildman–Crippen LogP) is 4.07. The Morgan fingerprint density at radius 3 is 2.67 bits per heavy atom. The fourth-order valence-corrected chi connectivity index (χ4v) is 4.15. The van der Waals surface area contributed by atoms with Crippen molar-refractivity contribution >= 4 is 17.7 Å². The number of hydrogen-bond donors (Lipinski definition) is 1. The van der Waals surface area contributed by atoms with Gasteiger partial charge in [-0.25, -0.2) is 0 Å².